The molecule has 2 saturated carbocycles. The third-order valence-electron chi connectivity index (χ3n) is 11.0. The molecule has 0 radical (unpaired) electrons. The molecule has 2 aliphatic carbocycles. The summed E-state index contributed by atoms with van der Waals surface area (Å²) in [4.78, 5) is 32.6. The number of nitrogens with one attached hydrogen (secondary N) is 1. The molecule has 330 valence electrons. The molecule has 0 spiro atoms. The molecular weight excluding hydrogens is 772 g/mol. The molecule has 0 aromatic heterocycles. The quantitative estimate of drug-likeness (QED) is 0.0245. The molecule has 5 rings (SSSR count). The van der Waals surface area contributed by atoms with Gasteiger partial charge in [-0.1, -0.05) is 30.2 Å². The monoisotopic (exact) mass is 834 g/mol. The minimum atomic E-state index is -2.91. The number of carbonyl (C=O) groups excluding carboxylic acids is 1. The summed E-state index contributed by atoms with van der Waals surface area (Å²) < 4.78 is 30.4. The zero-order valence-electron chi connectivity index (χ0n) is 33.9. The second kappa shape index (κ2) is 21.6. The number of aliphatic imine (C=N–C) groups is 1. The molecule has 0 bridgehead atoms. The Balaban J connectivity index is 1.62. The van der Waals surface area contributed by atoms with Crippen LogP contribution in [0.15, 0.2) is 63.7 Å². The topological polar surface area (TPSA) is 276 Å². The molecule has 0 aromatic carbocycles. The van der Waals surface area contributed by atoms with Crippen molar-refractivity contribution in [1.29, 1.82) is 0 Å². The molecule has 18 heteroatoms. The molecule has 3 aliphatic heterocycles. The van der Waals surface area contributed by atoms with Crippen molar-refractivity contribution in [3.05, 3.63) is 58.7 Å². The van der Waals surface area contributed by atoms with E-state index in [4.69, 9.17) is 29.4 Å². The summed E-state index contributed by atoms with van der Waals surface area (Å²) in [5, 5.41) is 75.3. The van der Waals surface area contributed by atoms with Gasteiger partial charge in [0.2, 0.25) is 12.1 Å². The summed E-state index contributed by atoms with van der Waals surface area (Å²) in [6, 6.07) is 0. The van der Waals surface area contributed by atoms with Gasteiger partial charge in [-0.2, -0.15) is 0 Å². The van der Waals surface area contributed by atoms with E-state index < -0.39 is 73.2 Å². The first-order valence-corrected chi connectivity index (χ1v) is 20.6. The molecule has 3 heterocycles. The van der Waals surface area contributed by atoms with Gasteiger partial charge in [0, 0.05) is 38.4 Å². The maximum Gasteiger partial charge on any atom is 0.339 e. The van der Waals surface area contributed by atoms with E-state index >= 15 is 0 Å². The lowest BCUT2D eigenvalue weighted by molar-refractivity contribution is -0.413. The van der Waals surface area contributed by atoms with Crippen LogP contribution in [0.25, 0.3) is 0 Å². The lowest BCUT2D eigenvalue weighted by atomic mass is 9.80. The number of carboxylic acid groups (broad SMARTS) is 1. The number of guanidine groups is 1. The maximum atomic E-state index is 14.1. The highest BCUT2D eigenvalue weighted by atomic mass is 16.8. The van der Waals surface area contributed by atoms with Crippen LogP contribution in [-0.4, -0.2) is 147 Å². The van der Waals surface area contributed by atoms with Crippen LogP contribution in [0.2, 0.25) is 0 Å². The number of rotatable bonds is 17. The molecule has 18 nitrogen and oxygen atoms in total. The van der Waals surface area contributed by atoms with Crippen molar-refractivity contribution in [3.8, 4) is 0 Å². The first-order chi connectivity index (χ1) is 28.3. The van der Waals surface area contributed by atoms with Crippen molar-refractivity contribution in [2.24, 2.45) is 22.6 Å². The van der Waals surface area contributed by atoms with Crippen molar-refractivity contribution < 1.29 is 69.0 Å². The third-order valence-corrected chi connectivity index (χ3v) is 11.0. The first-order valence-electron chi connectivity index (χ1n) is 20.6. The molecular formula is C41H62N4O14. The van der Waals surface area contributed by atoms with E-state index in [1.807, 2.05) is 6.08 Å². The van der Waals surface area contributed by atoms with Crippen LogP contribution in [0.1, 0.15) is 78.1 Å². The summed E-state index contributed by atoms with van der Waals surface area (Å²) >= 11 is 0. The van der Waals surface area contributed by atoms with Crippen molar-refractivity contribution in [2.75, 3.05) is 39.5 Å². The van der Waals surface area contributed by atoms with Crippen molar-refractivity contribution in [1.82, 2.24) is 10.2 Å². The van der Waals surface area contributed by atoms with Crippen molar-refractivity contribution in [2.45, 2.75) is 127 Å². The van der Waals surface area contributed by atoms with Gasteiger partial charge in [-0.05, 0) is 77.2 Å². The van der Waals surface area contributed by atoms with Crippen LogP contribution in [0.5, 0.6) is 0 Å². The average Bonchev–Trinajstić information content (AvgIpc) is 3.71. The van der Waals surface area contributed by atoms with Crippen LogP contribution in [0.3, 0.4) is 0 Å². The number of aliphatic hydroxyl groups excluding tert-OH is 4. The van der Waals surface area contributed by atoms with Gasteiger partial charge in [-0.3, -0.25) is 4.99 Å². The third kappa shape index (κ3) is 11.9. The highest BCUT2D eigenvalue weighted by Gasteiger charge is 2.57. The predicted octanol–water partition coefficient (Wildman–Crippen LogP) is 0.778. The lowest BCUT2D eigenvalue weighted by Gasteiger charge is -2.48. The SMILES string of the molecule is CC(C)O[C@H]1[C@H](O[C@@H]2OC=C(C(=O)OC3CCCC3)[C@@H](/C=C/C3=C(NC(N)=NCCCO)C(C(=O)O)=CN(CCO)C3)[C@H]2C=C2CCCCC2)O[C@H](CO)[C@@H](O)C1(O)O. The number of β-amino-alcohol motifs (C(OH)–C–C–N with tert-alkyl or cyclic N) is 1. The number of carbonyl (C=O) groups is 2. The van der Waals surface area contributed by atoms with Crippen LogP contribution in [-0.2, 0) is 33.3 Å². The number of hydrogen-bond donors (Lipinski definition) is 9. The standard InChI is InChI=1S/C41H62N4O14/c1-24(2)56-35-39(58-32(22-48)34(49)41(35,53)54)59-38-29(19-25-9-4-3-5-10-25)28(31(23-55-38)37(52)57-27-11-6-7-12-27)14-13-26-20-45(16-18-47)21-30(36(50)51)33(26)44-40(42)43-15-8-17-46/h13-14,19,21,23-24,27-29,32,34-35,38-39,46-49,53-54H,3-12,15-18,20,22H2,1-2H3,(H,50,51)(H3,42,43,44)/b14-13+/t28-,29+,32+,34+,35-,38-,39-/m0/s1. The normalized spacial score (nSPS) is 29.4. The van der Waals surface area contributed by atoms with Crippen molar-refractivity contribution >= 4 is 17.9 Å². The Morgan fingerprint density at radius 1 is 1.08 bits per heavy atom. The summed E-state index contributed by atoms with van der Waals surface area (Å²) in [5.74, 6) is -6.50. The lowest BCUT2D eigenvalue weighted by Crippen LogP contribution is -2.69. The molecule has 3 fully saturated rings. The summed E-state index contributed by atoms with van der Waals surface area (Å²) in [7, 11) is 0. The van der Waals surface area contributed by atoms with E-state index in [1.165, 1.54) is 12.5 Å². The summed E-state index contributed by atoms with van der Waals surface area (Å²) in [6.45, 7) is 2.59. The Hall–Kier alpha value is -3.85. The number of nitrogens with zero attached hydrogens (tertiary/aromatic N) is 2. The van der Waals surface area contributed by atoms with Gasteiger partial charge < -0.3 is 75.4 Å². The van der Waals surface area contributed by atoms with Crippen LogP contribution >= 0.6 is 0 Å². The predicted molar refractivity (Wildman–Crippen MR) is 211 cm³/mol. The zero-order chi connectivity index (χ0) is 42.7. The fourth-order valence-electron chi connectivity index (χ4n) is 8.01. The molecule has 7 atom stereocenters. The number of carboxylic acids is 1. The number of esters is 1. The number of ether oxygens (including phenoxy) is 5. The van der Waals surface area contributed by atoms with Gasteiger partial charge in [0.1, 0.15) is 18.3 Å². The molecule has 0 amide bonds. The minimum absolute atomic E-state index is 0.0805. The number of aliphatic carboxylic acids is 1. The highest BCUT2D eigenvalue weighted by molar-refractivity contribution is 5.95. The fourth-order valence-corrected chi connectivity index (χ4v) is 8.01. The highest BCUT2D eigenvalue weighted by Crippen LogP contribution is 2.41. The minimum Gasteiger partial charge on any atom is -0.478 e. The van der Waals surface area contributed by atoms with Crippen molar-refractivity contribution in [3.63, 3.8) is 0 Å². The number of nitrogens with two attached hydrogens (primary N) is 1. The molecule has 5 aliphatic rings. The van der Waals surface area contributed by atoms with Crippen LogP contribution < -0.4 is 11.1 Å². The Morgan fingerprint density at radius 2 is 1.81 bits per heavy atom. The number of allylic oxidation sites excluding steroid dienone is 2. The average molecular weight is 835 g/mol. The second-order valence-corrected chi connectivity index (χ2v) is 15.8. The van der Waals surface area contributed by atoms with E-state index in [0.717, 1.165) is 50.5 Å². The van der Waals surface area contributed by atoms with Gasteiger partial charge in [0.05, 0.1) is 48.3 Å². The van der Waals surface area contributed by atoms with E-state index in [0.29, 0.717) is 24.8 Å². The largest absolute Gasteiger partial charge is 0.478 e. The first kappa shape index (κ1) is 46.2. The van der Waals surface area contributed by atoms with E-state index in [2.05, 4.69) is 10.3 Å². The zero-order valence-corrected chi connectivity index (χ0v) is 33.9. The smallest absolute Gasteiger partial charge is 0.339 e. The second-order valence-electron chi connectivity index (χ2n) is 15.8. The molecule has 10 N–H and O–H groups in total. The maximum absolute atomic E-state index is 14.1. The molecule has 0 aromatic rings. The number of hydrogen-bond acceptors (Lipinski definition) is 15. The van der Waals surface area contributed by atoms with Crippen LogP contribution in [0, 0.1) is 11.8 Å². The molecule has 1 saturated heterocycles. The Kier molecular flexibility index (Phi) is 16.9. The Morgan fingerprint density at radius 3 is 2.46 bits per heavy atom. The van der Waals surface area contributed by atoms with E-state index in [9.17, 15) is 45.3 Å². The van der Waals surface area contributed by atoms with Crippen LogP contribution in [0.4, 0.5) is 0 Å². The van der Waals surface area contributed by atoms with Gasteiger partial charge in [0.15, 0.2) is 18.4 Å². The Labute approximate surface area is 344 Å². The Bertz CT molecular complexity index is 1630. The van der Waals surface area contributed by atoms with Gasteiger partial charge in [-0.15, -0.1) is 0 Å². The summed E-state index contributed by atoms with van der Waals surface area (Å²) in [5.41, 5.74) is 7.84. The number of aliphatic hydroxyl groups is 6. The van der Waals surface area contributed by atoms with Gasteiger partial charge in [-0.25, -0.2) is 9.59 Å². The van der Waals surface area contributed by atoms with Gasteiger partial charge in [0.25, 0.3) is 0 Å². The summed E-state index contributed by atoms with van der Waals surface area (Å²) in [6.07, 6.45) is 7.32. The molecule has 59 heavy (non-hydrogen) atoms. The van der Waals surface area contributed by atoms with E-state index in [1.54, 1.807) is 30.9 Å². The van der Waals surface area contributed by atoms with Gasteiger partial charge >= 0.3 is 11.9 Å². The molecule has 0 unspecified atom stereocenters. The van der Waals surface area contributed by atoms with E-state index in [-0.39, 0.29) is 61.8 Å². The fraction of sp³-hybridized carbons (Fsp3) is 0.683.